The average molecular weight is 425 g/mol. The maximum absolute atomic E-state index is 11.5. The molecular formula is C25H48N2O3. The Balaban J connectivity index is 0.000000564. The molecule has 1 rings (SSSR count). The number of hydrogen-bond donors (Lipinski definition) is 1. The van der Waals surface area contributed by atoms with Gasteiger partial charge in [0.15, 0.2) is 0 Å². The molecule has 0 spiro atoms. The lowest BCUT2D eigenvalue weighted by Gasteiger charge is -2.10. The van der Waals surface area contributed by atoms with E-state index in [1.165, 1.54) is 83.5 Å². The predicted octanol–water partition coefficient (Wildman–Crippen LogP) is 6.99. The molecule has 0 radical (unpaired) electrons. The number of aliphatic imine (C=N–C) groups is 1. The Hall–Kier alpha value is -1.39. The normalized spacial score (nSPS) is 12.7. The van der Waals surface area contributed by atoms with E-state index in [0.29, 0.717) is 12.8 Å². The molecule has 0 atom stereocenters. The van der Waals surface area contributed by atoms with Crippen LogP contribution in [0.3, 0.4) is 0 Å². The van der Waals surface area contributed by atoms with Crippen molar-refractivity contribution in [3.8, 4) is 0 Å². The summed E-state index contributed by atoms with van der Waals surface area (Å²) in [5.41, 5.74) is 0. The molecular weight excluding hydrogens is 376 g/mol. The van der Waals surface area contributed by atoms with Gasteiger partial charge in [-0.2, -0.15) is 0 Å². The zero-order valence-electron chi connectivity index (χ0n) is 19.9. The maximum atomic E-state index is 11.5. The van der Waals surface area contributed by atoms with Gasteiger partial charge >= 0.3 is 5.97 Å². The van der Waals surface area contributed by atoms with Crippen molar-refractivity contribution in [1.82, 2.24) is 4.90 Å². The zero-order valence-corrected chi connectivity index (χ0v) is 19.9. The quantitative estimate of drug-likeness (QED) is 0.241. The van der Waals surface area contributed by atoms with E-state index in [0.717, 1.165) is 32.4 Å². The molecule has 0 fully saturated rings. The number of carbonyl (C=O) groups is 2. The number of hydrogen-bond acceptors (Lipinski definition) is 3. The van der Waals surface area contributed by atoms with Gasteiger partial charge in [-0.15, -0.1) is 0 Å². The molecule has 0 saturated heterocycles. The first kappa shape index (κ1) is 28.6. The lowest BCUT2D eigenvalue weighted by molar-refractivity contribution is -0.137. The lowest BCUT2D eigenvalue weighted by atomic mass is 10.1. The van der Waals surface area contributed by atoms with E-state index in [2.05, 4.69) is 18.8 Å². The molecule has 0 bridgehead atoms. The molecule has 1 aliphatic rings. The summed E-state index contributed by atoms with van der Waals surface area (Å²) in [5, 5.41) is 8.46. The van der Waals surface area contributed by atoms with Crippen LogP contribution >= 0.6 is 0 Å². The van der Waals surface area contributed by atoms with Crippen LogP contribution in [0.4, 0.5) is 0 Å². The highest BCUT2D eigenvalue weighted by atomic mass is 16.4. The van der Waals surface area contributed by atoms with Crippen LogP contribution in [0.15, 0.2) is 4.99 Å². The minimum atomic E-state index is -0.657. The fourth-order valence-electron chi connectivity index (χ4n) is 3.53. The van der Waals surface area contributed by atoms with Gasteiger partial charge in [-0.25, -0.2) is 0 Å². The number of carboxylic acid groups (broad SMARTS) is 1. The third kappa shape index (κ3) is 19.9. The summed E-state index contributed by atoms with van der Waals surface area (Å²) < 4.78 is 0. The van der Waals surface area contributed by atoms with Crippen molar-refractivity contribution < 1.29 is 14.7 Å². The molecule has 1 amide bonds. The Labute approximate surface area is 185 Å². The van der Waals surface area contributed by atoms with Crippen LogP contribution in [0.25, 0.3) is 0 Å². The number of amides is 1. The summed E-state index contributed by atoms with van der Waals surface area (Å²) in [6.45, 7) is 6.01. The zero-order chi connectivity index (χ0) is 22.3. The highest BCUT2D eigenvalue weighted by molar-refractivity contribution is 5.88. The minimum absolute atomic E-state index is 0.239. The molecule has 0 aliphatic carbocycles. The first-order valence-corrected chi connectivity index (χ1v) is 12.6. The fourth-order valence-corrected chi connectivity index (χ4v) is 3.53. The van der Waals surface area contributed by atoms with E-state index in [9.17, 15) is 9.59 Å². The summed E-state index contributed by atoms with van der Waals surface area (Å²) in [7, 11) is 0. The summed E-state index contributed by atoms with van der Waals surface area (Å²) >= 11 is 0. The van der Waals surface area contributed by atoms with E-state index >= 15 is 0 Å². The van der Waals surface area contributed by atoms with E-state index in [4.69, 9.17) is 5.11 Å². The molecule has 0 saturated carbocycles. The molecule has 0 aromatic carbocycles. The second-order valence-electron chi connectivity index (χ2n) is 8.45. The first-order chi connectivity index (χ1) is 14.6. The largest absolute Gasteiger partial charge is 0.481 e. The van der Waals surface area contributed by atoms with Crippen LogP contribution in [-0.2, 0) is 9.59 Å². The van der Waals surface area contributed by atoms with Gasteiger partial charge in [0.2, 0.25) is 5.91 Å². The van der Waals surface area contributed by atoms with Crippen LogP contribution in [-0.4, -0.2) is 41.3 Å². The summed E-state index contributed by atoms with van der Waals surface area (Å²) in [5.74, 6) is -0.418. The second-order valence-corrected chi connectivity index (χ2v) is 8.45. The average Bonchev–Trinajstić information content (AvgIpc) is 3.27. The number of nitrogens with zero attached hydrogens (tertiary/aromatic N) is 2. The number of unbranched alkanes of at least 4 members (excludes halogenated alkanes) is 14. The highest BCUT2D eigenvalue weighted by Crippen LogP contribution is 2.12. The predicted molar refractivity (Wildman–Crippen MR) is 127 cm³/mol. The molecule has 0 aromatic rings. The van der Waals surface area contributed by atoms with Gasteiger partial charge in [-0.05, 0) is 12.8 Å². The van der Waals surface area contributed by atoms with Crippen molar-refractivity contribution >= 4 is 18.2 Å². The maximum Gasteiger partial charge on any atom is 0.303 e. The van der Waals surface area contributed by atoms with Gasteiger partial charge in [0.25, 0.3) is 0 Å². The Kier molecular flexibility index (Phi) is 21.3. The van der Waals surface area contributed by atoms with Crippen molar-refractivity contribution in [3.05, 3.63) is 0 Å². The van der Waals surface area contributed by atoms with Crippen LogP contribution < -0.4 is 0 Å². The molecule has 1 N–H and O–H groups in total. The van der Waals surface area contributed by atoms with Gasteiger partial charge < -0.3 is 10.0 Å². The number of aliphatic carboxylic acids is 1. The van der Waals surface area contributed by atoms with Gasteiger partial charge in [0, 0.05) is 19.4 Å². The van der Waals surface area contributed by atoms with Crippen molar-refractivity contribution in [1.29, 1.82) is 0 Å². The molecule has 0 aromatic heterocycles. The Morgan fingerprint density at radius 2 is 1.17 bits per heavy atom. The summed E-state index contributed by atoms with van der Waals surface area (Å²) in [6.07, 6.45) is 22.8. The van der Waals surface area contributed by atoms with Crippen molar-refractivity contribution in [2.24, 2.45) is 4.99 Å². The SMILES string of the molecule is CCCCCCCC(=O)N1C=NCC1.CCCCCCCCCCCCCC(=O)O. The number of carbonyl (C=O) groups excluding carboxylic acids is 1. The second kappa shape index (κ2) is 22.3. The van der Waals surface area contributed by atoms with E-state index in [1.54, 1.807) is 11.2 Å². The Morgan fingerprint density at radius 3 is 1.57 bits per heavy atom. The van der Waals surface area contributed by atoms with Crippen LogP contribution in [0.1, 0.15) is 129 Å². The van der Waals surface area contributed by atoms with Crippen molar-refractivity contribution in [3.63, 3.8) is 0 Å². The van der Waals surface area contributed by atoms with Gasteiger partial charge in [-0.3, -0.25) is 14.6 Å². The Morgan fingerprint density at radius 1 is 0.733 bits per heavy atom. The molecule has 5 nitrogen and oxygen atoms in total. The van der Waals surface area contributed by atoms with E-state index in [1.807, 2.05) is 0 Å². The van der Waals surface area contributed by atoms with Crippen LogP contribution in [0, 0.1) is 0 Å². The van der Waals surface area contributed by atoms with Crippen molar-refractivity contribution in [2.75, 3.05) is 13.1 Å². The third-order valence-corrected chi connectivity index (χ3v) is 5.50. The van der Waals surface area contributed by atoms with E-state index in [-0.39, 0.29) is 5.91 Å². The van der Waals surface area contributed by atoms with E-state index < -0.39 is 5.97 Å². The van der Waals surface area contributed by atoms with Crippen LogP contribution in [0.5, 0.6) is 0 Å². The van der Waals surface area contributed by atoms with Gasteiger partial charge in [-0.1, -0.05) is 104 Å². The summed E-state index contributed by atoms with van der Waals surface area (Å²) in [4.78, 5) is 27.5. The molecule has 176 valence electrons. The monoisotopic (exact) mass is 424 g/mol. The Bertz CT molecular complexity index is 438. The van der Waals surface area contributed by atoms with Crippen molar-refractivity contribution in [2.45, 2.75) is 129 Å². The molecule has 1 aliphatic heterocycles. The minimum Gasteiger partial charge on any atom is -0.481 e. The van der Waals surface area contributed by atoms with Crippen LogP contribution in [0.2, 0.25) is 0 Å². The molecule has 0 unspecified atom stereocenters. The molecule has 5 heteroatoms. The van der Waals surface area contributed by atoms with Gasteiger partial charge in [0.05, 0.1) is 12.9 Å². The lowest BCUT2D eigenvalue weighted by Crippen LogP contribution is -2.27. The first-order valence-electron chi connectivity index (χ1n) is 12.6. The third-order valence-electron chi connectivity index (χ3n) is 5.50. The number of carboxylic acids is 1. The molecule has 1 heterocycles. The van der Waals surface area contributed by atoms with Gasteiger partial charge in [0.1, 0.15) is 0 Å². The topological polar surface area (TPSA) is 70.0 Å². The highest BCUT2D eigenvalue weighted by Gasteiger charge is 2.13. The fraction of sp³-hybridized carbons (Fsp3) is 0.880. The summed E-state index contributed by atoms with van der Waals surface area (Å²) in [6, 6.07) is 0. The smallest absolute Gasteiger partial charge is 0.303 e. The standard InChI is InChI=1S/C14H28O2.C11H20N2O/c1-2-3-4-5-6-7-8-9-10-11-12-13-14(15)16;1-2-3-4-5-6-7-11(14)13-9-8-12-10-13/h2-13H2,1H3,(H,15,16);10H,2-9H2,1H3. The molecule has 30 heavy (non-hydrogen) atoms. The number of rotatable bonds is 18.